The van der Waals surface area contributed by atoms with Crippen molar-refractivity contribution >= 4 is 35.0 Å². The van der Waals surface area contributed by atoms with Crippen molar-refractivity contribution in [2.75, 3.05) is 26.9 Å². The number of rotatable bonds is 10. The van der Waals surface area contributed by atoms with Gasteiger partial charge in [0.25, 0.3) is 5.56 Å². The molecule has 0 radical (unpaired) electrons. The molecule has 0 bridgehead atoms. The number of hydrogen-bond acceptors (Lipinski definition) is 8. The van der Waals surface area contributed by atoms with E-state index in [4.69, 9.17) is 30.5 Å². The Bertz CT molecular complexity index is 1810. The Hall–Kier alpha value is -4.34. The SMILES string of the molecule is CCOC(=O)C1=C(C)N=c2s/c(=C/c3cc(Cl)ccc3OCCOc3cccc(OC)c3)c(=O)n2[C@H]1c1ccccc1. The van der Waals surface area contributed by atoms with Gasteiger partial charge in [0.1, 0.15) is 30.5 Å². The van der Waals surface area contributed by atoms with Crippen molar-refractivity contribution in [1.82, 2.24) is 4.57 Å². The topological polar surface area (TPSA) is 88.4 Å². The Labute approximate surface area is 251 Å². The van der Waals surface area contributed by atoms with Crippen LogP contribution >= 0.6 is 22.9 Å². The van der Waals surface area contributed by atoms with Gasteiger partial charge in [0.15, 0.2) is 4.80 Å². The highest BCUT2D eigenvalue weighted by molar-refractivity contribution is 7.07. The minimum Gasteiger partial charge on any atom is -0.497 e. The number of thiazole rings is 1. The van der Waals surface area contributed by atoms with Gasteiger partial charge in [-0.2, -0.15) is 0 Å². The van der Waals surface area contributed by atoms with Gasteiger partial charge in [-0.15, -0.1) is 0 Å². The van der Waals surface area contributed by atoms with E-state index in [1.54, 1.807) is 55.9 Å². The second kappa shape index (κ2) is 13.1. The number of halogens is 1. The van der Waals surface area contributed by atoms with Crippen molar-refractivity contribution < 1.29 is 23.7 Å². The minimum atomic E-state index is -0.674. The molecule has 5 rings (SSSR count). The van der Waals surface area contributed by atoms with Gasteiger partial charge in [0, 0.05) is 16.7 Å². The van der Waals surface area contributed by atoms with E-state index in [1.165, 1.54) is 11.3 Å². The fourth-order valence-electron chi connectivity index (χ4n) is 4.65. The zero-order valence-corrected chi connectivity index (χ0v) is 24.9. The van der Waals surface area contributed by atoms with Crippen LogP contribution in [0.5, 0.6) is 17.2 Å². The van der Waals surface area contributed by atoms with Crippen molar-refractivity contribution in [2.45, 2.75) is 19.9 Å². The summed E-state index contributed by atoms with van der Waals surface area (Å²) in [6, 6.07) is 21.3. The van der Waals surface area contributed by atoms with Crippen LogP contribution in [0.4, 0.5) is 0 Å². The number of methoxy groups -OCH3 is 1. The first-order chi connectivity index (χ1) is 20.4. The maximum absolute atomic E-state index is 13.9. The van der Waals surface area contributed by atoms with Gasteiger partial charge >= 0.3 is 5.97 Å². The summed E-state index contributed by atoms with van der Waals surface area (Å²) >= 11 is 7.57. The Morgan fingerprint density at radius 2 is 1.79 bits per heavy atom. The predicted molar refractivity (Wildman–Crippen MR) is 162 cm³/mol. The molecule has 216 valence electrons. The van der Waals surface area contributed by atoms with E-state index in [-0.39, 0.29) is 18.8 Å². The predicted octanol–water partition coefficient (Wildman–Crippen LogP) is 4.92. The summed E-state index contributed by atoms with van der Waals surface area (Å²) in [6.07, 6.45) is 1.74. The molecule has 1 aliphatic rings. The van der Waals surface area contributed by atoms with Gasteiger partial charge in [-0.1, -0.05) is 59.3 Å². The lowest BCUT2D eigenvalue weighted by Gasteiger charge is -2.24. The standard InChI is InChI=1S/C32H29ClN2O6S/c1-4-39-31(37)28-20(2)34-32-35(29(28)21-9-6-5-7-10-21)30(36)27(42-32)18-22-17-23(33)13-14-26(22)41-16-15-40-25-12-8-11-24(19-25)38-3/h5-14,17-19,29H,4,15-16H2,1-3H3/b27-18+/t29-/m0/s1. The third kappa shape index (κ3) is 6.27. The molecule has 0 N–H and O–H groups in total. The molecule has 1 aliphatic heterocycles. The lowest BCUT2D eigenvalue weighted by atomic mass is 9.96. The fraction of sp³-hybridized carbons (Fsp3) is 0.219. The number of carbonyl (C=O) groups is 1. The summed E-state index contributed by atoms with van der Waals surface area (Å²) in [4.78, 5) is 32.1. The van der Waals surface area contributed by atoms with Crippen molar-refractivity contribution in [3.63, 3.8) is 0 Å². The lowest BCUT2D eigenvalue weighted by Crippen LogP contribution is -2.39. The van der Waals surface area contributed by atoms with Crippen LogP contribution in [-0.4, -0.2) is 37.5 Å². The van der Waals surface area contributed by atoms with Crippen molar-refractivity contribution in [1.29, 1.82) is 0 Å². The molecule has 0 saturated heterocycles. The molecule has 0 saturated carbocycles. The van der Waals surface area contributed by atoms with E-state index < -0.39 is 12.0 Å². The first-order valence-corrected chi connectivity index (χ1v) is 14.5. The van der Waals surface area contributed by atoms with E-state index in [1.807, 2.05) is 48.5 Å². The molecule has 42 heavy (non-hydrogen) atoms. The number of esters is 1. The fourth-order valence-corrected chi connectivity index (χ4v) is 5.87. The molecule has 10 heteroatoms. The Morgan fingerprint density at radius 3 is 2.55 bits per heavy atom. The lowest BCUT2D eigenvalue weighted by molar-refractivity contribution is -0.139. The monoisotopic (exact) mass is 604 g/mol. The van der Waals surface area contributed by atoms with Crippen LogP contribution < -0.4 is 29.1 Å². The number of hydrogen-bond donors (Lipinski definition) is 0. The number of ether oxygens (including phenoxy) is 4. The Kier molecular flexibility index (Phi) is 9.09. The van der Waals surface area contributed by atoms with E-state index in [2.05, 4.69) is 4.99 Å². The summed E-state index contributed by atoms with van der Waals surface area (Å²) in [5.74, 6) is 1.42. The van der Waals surface area contributed by atoms with Gasteiger partial charge in [-0.25, -0.2) is 9.79 Å². The zero-order chi connectivity index (χ0) is 29.6. The average Bonchev–Trinajstić information content (AvgIpc) is 3.30. The Balaban J connectivity index is 1.48. The maximum Gasteiger partial charge on any atom is 0.338 e. The zero-order valence-electron chi connectivity index (χ0n) is 23.3. The summed E-state index contributed by atoms with van der Waals surface area (Å²) in [7, 11) is 1.60. The van der Waals surface area contributed by atoms with Gasteiger partial charge in [-0.05, 0) is 55.8 Å². The molecule has 8 nitrogen and oxygen atoms in total. The molecule has 1 aromatic heterocycles. The molecule has 0 fully saturated rings. The van der Waals surface area contributed by atoms with Crippen molar-refractivity contribution in [3.8, 4) is 17.2 Å². The molecule has 0 unspecified atom stereocenters. The van der Waals surface area contributed by atoms with Gasteiger partial charge in [0.05, 0.1) is 35.6 Å². The number of aromatic nitrogens is 1. The highest BCUT2D eigenvalue weighted by Crippen LogP contribution is 2.31. The first-order valence-electron chi connectivity index (χ1n) is 13.3. The highest BCUT2D eigenvalue weighted by atomic mass is 35.5. The molecular formula is C32H29ClN2O6S. The molecule has 4 aromatic rings. The third-order valence-electron chi connectivity index (χ3n) is 6.54. The Morgan fingerprint density at radius 1 is 1.02 bits per heavy atom. The summed E-state index contributed by atoms with van der Waals surface area (Å²) in [5.41, 5.74) is 1.98. The number of allylic oxidation sites excluding steroid dienone is 1. The van der Waals surface area contributed by atoms with Crippen LogP contribution in [0, 0.1) is 0 Å². The van der Waals surface area contributed by atoms with Crippen LogP contribution in [0.25, 0.3) is 6.08 Å². The molecular weight excluding hydrogens is 576 g/mol. The number of benzene rings is 3. The number of carbonyl (C=O) groups excluding carboxylic acids is 1. The molecule has 0 amide bonds. The summed E-state index contributed by atoms with van der Waals surface area (Å²) in [6.45, 7) is 4.27. The largest absolute Gasteiger partial charge is 0.497 e. The van der Waals surface area contributed by atoms with Crippen LogP contribution in [0.1, 0.15) is 31.0 Å². The van der Waals surface area contributed by atoms with Gasteiger partial charge in [0.2, 0.25) is 0 Å². The smallest absolute Gasteiger partial charge is 0.338 e. The maximum atomic E-state index is 13.9. The van der Waals surface area contributed by atoms with E-state index in [9.17, 15) is 9.59 Å². The highest BCUT2D eigenvalue weighted by Gasteiger charge is 2.33. The second-order valence-electron chi connectivity index (χ2n) is 9.27. The quantitative estimate of drug-likeness (QED) is 0.189. The van der Waals surface area contributed by atoms with E-state index in [0.717, 1.165) is 5.56 Å². The molecule has 0 spiro atoms. The molecule has 1 atom stereocenters. The third-order valence-corrected chi connectivity index (χ3v) is 7.76. The number of nitrogens with zero attached hydrogens (tertiary/aromatic N) is 2. The van der Waals surface area contributed by atoms with Crippen LogP contribution in [-0.2, 0) is 9.53 Å². The van der Waals surface area contributed by atoms with Gasteiger partial charge in [-0.3, -0.25) is 9.36 Å². The summed E-state index contributed by atoms with van der Waals surface area (Å²) in [5, 5.41) is 0.497. The van der Waals surface area contributed by atoms with E-state index in [0.29, 0.717) is 55.0 Å². The average molecular weight is 605 g/mol. The normalized spacial score (nSPS) is 14.7. The van der Waals surface area contributed by atoms with Crippen LogP contribution in [0.2, 0.25) is 5.02 Å². The van der Waals surface area contributed by atoms with Crippen molar-refractivity contribution in [3.05, 3.63) is 120 Å². The van der Waals surface area contributed by atoms with Crippen LogP contribution in [0.15, 0.2) is 93.9 Å². The van der Waals surface area contributed by atoms with Gasteiger partial charge < -0.3 is 18.9 Å². The van der Waals surface area contributed by atoms with Crippen LogP contribution in [0.3, 0.4) is 0 Å². The first kappa shape index (κ1) is 29.2. The minimum absolute atomic E-state index is 0.212. The second-order valence-corrected chi connectivity index (χ2v) is 10.7. The molecule has 3 aromatic carbocycles. The van der Waals surface area contributed by atoms with E-state index >= 15 is 0 Å². The van der Waals surface area contributed by atoms with Crippen molar-refractivity contribution in [2.24, 2.45) is 4.99 Å². The summed E-state index contributed by atoms with van der Waals surface area (Å²) < 4.78 is 24.4. The molecule has 2 heterocycles. The number of fused-ring (bicyclic) bond motifs is 1. The molecule has 0 aliphatic carbocycles.